The number of aromatic nitrogens is 2. The lowest BCUT2D eigenvalue weighted by atomic mass is 10.2. The Morgan fingerprint density at radius 2 is 2.25 bits per heavy atom. The number of hydrogen-bond donors (Lipinski definition) is 0. The molecule has 0 bridgehead atoms. The summed E-state index contributed by atoms with van der Waals surface area (Å²) < 4.78 is 15.8. The van der Waals surface area contributed by atoms with E-state index in [0.29, 0.717) is 11.6 Å². The molecule has 1 aliphatic rings. The lowest BCUT2D eigenvalue weighted by Gasteiger charge is -2.01. The fraction of sp³-hybridized carbons (Fsp3) is 0.308. The van der Waals surface area contributed by atoms with Crippen molar-refractivity contribution in [2.24, 2.45) is 0 Å². The standard InChI is InChI=1S/C13H11FN2/c1-2-3-9-6-12-13(7-11(9)14)16(8-15-12)10-4-5-10/h6-8,10H,4-5H2,1H3. The Hall–Kier alpha value is -1.82. The zero-order valence-corrected chi connectivity index (χ0v) is 9.00. The highest BCUT2D eigenvalue weighted by Crippen LogP contribution is 2.37. The van der Waals surface area contributed by atoms with Gasteiger partial charge < -0.3 is 4.57 Å². The molecule has 16 heavy (non-hydrogen) atoms. The summed E-state index contributed by atoms with van der Waals surface area (Å²) in [4.78, 5) is 4.29. The third-order valence-corrected chi connectivity index (χ3v) is 2.86. The first-order valence-electron chi connectivity index (χ1n) is 5.38. The SMILES string of the molecule is CC#Cc1cc2ncn(C3CC3)c2cc1F. The molecule has 0 N–H and O–H groups in total. The van der Waals surface area contributed by atoms with Crippen molar-refractivity contribution in [1.29, 1.82) is 0 Å². The van der Waals surface area contributed by atoms with Gasteiger partial charge >= 0.3 is 0 Å². The van der Waals surface area contributed by atoms with Gasteiger partial charge in [-0.3, -0.25) is 0 Å². The average molecular weight is 214 g/mol. The number of fused-ring (bicyclic) bond motifs is 1. The van der Waals surface area contributed by atoms with Crippen LogP contribution in [0.4, 0.5) is 4.39 Å². The Morgan fingerprint density at radius 3 is 2.94 bits per heavy atom. The van der Waals surface area contributed by atoms with Gasteiger partial charge in [-0.25, -0.2) is 9.37 Å². The lowest BCUT2D eigenvalue weighted by Crippen LogP contribution is -1.92. The second-order valence-corrected chi connectivity index (χ2v) is 4.08. The molecule has 1 aromatic carbocycles. The van der Waals surface area contributed by atoms with Crippen LogP contribution in [0.1, 0.15) is 31.4 Å². The van der Waals surface area contributed by atoms with E-state index in [9.17, 15) is 4.39 Å². The largest absolute Gasteiger partial charge is 0.327 e. The molecule has 0 saturated heterocycles. The highest BCUT2D eigenvalue weighted by Gasteiger charge is 2.25. The molecule has 0 atom stereocenters. The lowest BCUT2D eigenvalue weighted by molar-refractivity contribution is 0.624. The van der Waals surface area contributed by atoms with Crippen LogP contribution in [0.15, 0.2) is 18.5 Å². The maximum Gasteiger partial charge on any atom is 0.141 e. The topological polar surface area (TPSA) is 17.8 Å². The molecule has 0 aliphatic heterocycles. The van der Waals surface area contributed by atoms with Crippen LogP contribution >= 0.6 is 0 Å². The van der Waals surface area contributed by atoms with Gasteiger partial charge in [0.15, 0.2) is 0 Å². The van der Waals surface area contributed by atoms with Gasteiger partial charge in [0.1, 0.15) is 5.82 Å². The molecule has 0 amide bonds. The summed E-state index contributed by atoms with van der Waals surface area (Å²) in [5.41, 5.74) is 2.13. The monoisotopic (exact) mass is 214 g/mol. The van der Waals surface area contributed by atoms with E-state index in [0.717, 1.165) is 11.0 Å². The summed E-state index contributed by atoms with van der Waals surface area (Å²) in [5, 5.41) is 0. The first-order chi connectivity index (χ1) is 7.79. The molecule has 1 aliphatic carbocycles. The summed E-state index contributed by atoms with van der Waals surface area (Å²) in [6.07, 6.45) is 4.14. The second-order valence-electron chi connectivity index (χ2n) is 4.08. The highest BCUT2D eigenvalue weighted by atomic mass is 19.1. The molecule has 3 heteroatoms. The Bertz CT molecular complexity index is 612. The minimum atomic E-state index is -0.260. The first kappa shape index (κ1) is 9.41. The summed E-state index contributed by atoms with van der Waals surface area (Å²) >= 11 is 0. The Balaban J connectivity index is 2.22. The molecule has 0 radical (unpaired) electrons. The number of nitrogens with zero attached hydrogens (tertiary/aromatic N) is 2. The smallest absolute Gasteiger partial charge is 0.141 e. The normalized spacial score (nSPS) is 14.9. The summed E-state index contributed by atoms with van der Waals surface area (Å²) in [5.74, 6) is 5.19. The van der Waals surface area contributed by atoms with Gasteiger partial charge in [-0.15, -0.1) is 5.92 Å². The van der Waals surface area contributed by atoms with Crippen LogP contribution in [0.2, 0.25) is 0 Å². The van der Waals surface area contributed by atoms with Gasteiger partial charge in [-0.1, -0.05) is 5.92 Å². The number of rotatable bonds is 1. The predicted molar refractivity (Wildman–Crippen MR) is 60.5 cm³/mol. The van der Waals surface area contributed by atoms with E-state index < -0.39 is 0 Å². The van der Waals surface area contributed by atoms with E-state index in [4.69, 9.17) is 0 Å². The molecule has 3 rings (SSSR count). The molecular weight excluding hydrogens is 203 g/mol. The Labute approximate surface area is 93.1 Å². The van der Waals surface area contributed by atoms with Crippen LogP contribution in [0.25, 0.3) is 11.0 Å². The number of hydrogen-bond acceptors (Lipinski definition) is 1. The van der Waals surface area contributed by atoms with Gasteiger partial charge in [0, 0.05) is 12.1 Å². The molecule has 80 valence electrons. The second kappa shape index (κ2) is 3.34. The van der Waals surface area contributed by atoms with E-state index in [2.05, 4.69) is 21.4 Å². The minimum Gasteiger partial charge on any atom is -0.327 e. The van der Waals surface area contributed by atoms with Crippen LogP contribution in [0.3, 0.4) is 0 Å². The van der Waals surface area contributed by atoms with Gasteiger partial charge in [-0.05, 0) is 25.8 Å². The zero-order valence-electron chi connectivity index (χ0n) is 9.00. The maximum atomic E-state index is 13.7. The van der Waals surface area contributed by atoms with Gasteiger partial charge in [-0.2, -0.15) is 0 Å². The summed E-state index contributed by atoms with van der Waals surface area (Å²) in [6.45, 7) is 1.70. The molecule has 2 nitrogen and oxygen atoms in total. The van der Waals surface area contributed by atoms with Crippen LogP contribution in [-0.4, -0.2) is 9.55 Å². The van der Waals surface area contributed by atoms with E-state index >= 15 is 0 Å². The van der Waals surface area contributed by atoms with E-state index in [1.54, 1.807) is 25.4 Å². The third kappa shape index (κ3) is 1.38. The minimum absolute atomic E-state index is 0.260. The van der Waals surface area contributed by atoms with Crippen molar-refractivity contribution in [2.75, 3.05) is 0 Å². The molecule has 1 aromatic heterocycles. The number of imidazole rings is 1. The van der Waals surface area contributed by atoms with Crippen molar-refractivity contribution in [3.05, 3.63) is 29.8 Å². The van der Waals surface area contributed by atoms with Crippen LogP contribution in [0, 0.1) is 17.7 Å². The Kier molecular flexibility index (Phi) is 1.97. The van der Waals surface area contributed by atoms with E-state index in [1.165, 1.54) is 12.8 Å². The number of halogens is 1. The van der Waals surface area contributed by atoms with E-state index in [-0.39, 0.29) is 5.82 Å². The van der Waals surface area contributed by atoms with Gasteiger partial charge in [0.25, 0.3) is 0 Å². The van der Waals surface area contributed by atoms with Crippen molar-refractivity contribution in [1.82, 2.24) is 9.55 Å². The van der Waals surface area contributed by atoms with Crippen LogP contribution in [-0.2, 0) is 0 Å². The van der Waals surface area contributed by atoms with Crippen molar-refractivity contribution in [2.45, 2.75) is 25.8 Å². The maximum absolute atomic E-state index is 13.7. The molecule has 1 fully saturated rings. The quantitative estimate of drug-likeness (QED) is 0.667. The van der Waals surface area contributed by atoms with Gasteiger partial charge in [0.2, 0.25) is 0 Å². The molecule has 1 heterocycles. The van der Waals surface area contributed by atoms with Crippen molar-refractivity contribution < 1.29 is 4.39 Å². The highest BCUT2D eigenvalue weighted by molar-refractivity contribution is 5.77. The van der Waals surface area contributed by atoms with Crippen LogP contribution < -0.4 is 0 Å². The molecule has 1 saturated carbocycles. The fourth-order valence-electron chi connectivity index (χ4n) is 1.92. The first-order valence-corrected chi connectivity index (χ1v) is 5.38. The number of benzene rings is 1. The predicted octanol–water partition coefficient (Wildman–Crippen LogP) is 2.88. The van der Waals surface area contributed by atoms with Crippen molar-refractivity contribution >= 4 is 11.0 Å². The molecule has 0 spiro atoms. The van der Waals surface area contributed by atoms with Crippen LogP contribution in [0.5, 0.6) is 0 Å². The van der Waals surface area contributed by atoms with Crippen molar-refractivity contribution in [3.63, 3.8) is 0 Å². The summed E-state index contributed by atoms with van der Waals surface area (Å²) in [6, 6.07) is 3.79. The van der Waals surface area contributed by atoms with Crippen molar-refractivity contribution in [3.8, 4) is 11.8 Å². The fourth-order valence-corrected chi connectivity index (χ4v) is 1.92. The third-order valence-electron chi connectivity index (χ3n) is 2.86. The van der Waals surface area contributed by atoms with Gasteiger partial charge in [0.05, 0.1) is 22.9 Å². The zero-order chi connectivity index (χ0) is 11.1. The molecular formula is C13H11FN2. The molecule has 2 aromatic rings. The average Bonchev–Trinajstić information content (AvgIpc) is 3.03. The Morgan fingerprint density at radius 1 is 1.44 bits per heavy atom. The molecule has 0 unspecified atom stereocenters. The summed E-state index contributed by atoms with van der Waals surface area (Å²) in [7, 11) is 0. The van der Waals surface area contributed by atoms with E-state index in [1.807, 2.05) is 0 Å².